The van der Waals surface area contributed by atoms with Gasteiger partial charge in [-0.15, -0.1) is 23.1 Å². The highest BCUT2D eigenvalue weighted by Crippen LogP contribution is 2.36. The molecule has 15 amide bonds. The van der Waals surface area contributed by atoms with Gasteiger partial charge in [-0.3, -0.25) is 106 Å². The molecule has 0 radical (unpaired) electrons. The number of rotatable bonds is 49. The topological polar surface area (TPSA) is 728 Å². The standard InChI is InChI=1S/C87H133N21O24S3/c1-11-46(8)72-84(131)103-58(32-43(2)3)80(127)102-60(38-70(119)120)82(129)98-54(77(124)100-57(35-51-39-93-42-95-51)64(111)36-52(44(4)5)76(123)97-53(19-22-66(88)113)63(110)34-49(16-14-27-94-87(91)92)75(122)105-71(45(6)7)65(112)33-48(74(90)121)25-30-133-10)17-12-13-28-107-40-50-26-31-134-73(50)86(107)135-41-61(85(132)108-29-15-18-62(108)83(130)99-56(79(126)106-72)21-24-69(117)118)104-81(128)59(37-67(89)114)101-78(125)55(96-47(9)109)20-23-68(115)116/h26,31,39-40,42-46,48-49,52-62,71-72H,11-25,27-30,32-38,41H2,1-10H3,(H2,88,113)(H2,89,114)(H2,90,121)(H,93,95)(H,96,109)(H,97,123)(H,98,129)(H,99,130)(H,100,124)(H,101,125)(H,102,127)(H,103,131)(H,104,128)(H,105,122)(H,106,126)(H,115,116)(H,117,118)(H,119,120)(H4,91,92,94)/t46-,48+,49+,52-,53-,54-,55-,56-,57-,58-,59-,60-,61-,62-,71-,72-/m0/s1. The highest BCUT2D eigenvalue weighted by molar-refractivity contribution is 7.99. The molecule has 1 saturated heterocycles. The van der Waals surface area contributed by atoms with Crippen LogP contribution < -0.4 is 86.7 Å². The van der Waals surface area contributed by atoms with Crippen molar-refractivity contribution in [1.29, 1.82) is 5.41 Å². The Kier molecular flexibility index (Phi) is 47.3. The number of primary amides is 3. The van der Waals surface area contributed by atoms with Crippen molar-refractivity contribution in [2.75, 3.05) is 30.9 Å². The van der Waals surface area contributed by atoms with Crippen molar-refractivity contribution in [3.63, 3.8) is 0 Å². The number of hydrogen-bond acceptors (Lipinski definition) is 26. The molecule has 1 fully saturated rings. The zero-order valence-electron chi connectivity index (χ0n) is 77.7. The first-order chi connectivity index (χ1) is 63.6. The number of hydrogen-bond donors (Lipinski definition) is 21. The lowest BCUT2D eigenvalue weighted by Gasteiger charge is -2.31. The Morgan fingerprint density at radius 1 is 0.622 bits per heavy atom. The van der Waals surface area contributed by atoms with E-state index >= 15 is 19.2 Å². The molecular formula is C87H133N21O24S3. The van der Waals surface area contributed by atoms with Crippen LogP contribution in [0.2, 0.25) is 0 Å². The number of aromatic nitrogens is 3. The predicted molar refractivity (Wildman–Crippen MR) is 496 cm³/mol. The van der Waals surface area contributed by atoms with Gasteiger partial charge in [-0.2, -0.15) is 11.8 Å². The van der Waals surface area contributed by atoms with Crippen LogP contribution in [0.1, 0.15) is 203 Å². The highest BCUT2D eigenvalue weighted by Gasteiger charge is 2.44. The minimum Gasteiger partial charge on any atom is -0.481 e. The Bertz CT molecular complexity index is 4700. The van der Waals surface area contributed by atoms with Gasteiger partial charge in [0, 0.05) is 118 Å². The van der Waals surface area contributed by atoms with Crippen LogP contribution >= 0.6 is 34.9 Å². The first kappa shape index (κ1) is 113. The van der Waals surface area contributed by atoms with Crippen LogP contribution in [0.4, 0.5) is 0 Å². The molecule has 3 aromatic heterocycles. The molecule has 48 heteroatoms. The minimum absolute atomic E-state index is 0.0120. The number of thioether (sulfide) groups is 2. The Balaban J connectivity index is 1.64. The monoisotopic (exact) mass is 1950 g/mol. The second-order valence-electron chi connectivity index (χ2n) is 35.1. The van der Waals surface area contributed by atoms with Crippen LogP contribution in [0, 0.1) is 46.8 Å². The minimum atomic E-state index is -2.04. The summed E-state index contributed by atoms with van der Waals surface area (Å²) in [5.41, 5.74) is 22.7. The van der Waals surface area contributed by atoms with Gasteiger partial charge in [0.15, 0.2) is 23.3 Å². The van der Waals surface area contributed by atoms with Gasteiger partial charge in [-0.25, -0.2) is 4.98 Å². The molecular weight excluding hydrogens is 1820 g/mol. The molecule has 16 atom stereocenters. The molecule has 45 nitrogen and oxygen atoms in total. The molecule has 748 valence electrons. The van der Waals surface area contributed by atoms with Crippen molar-refractivity contribution in [1.82, 2.24) is 83.2 Å². The van der Waals surface area contributed by atoms with Crippen molar-refractivity contribution in [3.8, 4) is 0 Å². The number of carbonyl (C=O) groups is 21. The number of nitrogens with one attached hydrogen (secondary N) is 14. The normalized spacial score (nSPS) is 20.0. The molecule has 5 rings (SSSR count). The summed E-state index contributed by atoms with van der Waals surface area (Å²) in [7, 11) is 0. The molecule has 0 bridgehead atoms. The van der Waals surface area contributed by atoms with Gasteiger partial charge >= 0.3 is 17.9 Å². The number of Topliss-reactive ketones (excluding diaryl/α,β-unsaturated/α-hetero) is 3. The summed E-state index contributed by atoms with van der Waals surface area (Å²) < 4.78 is 2.41. The van der Waals surface area contributed by atoms with E-state index in [1.165, 1.54) is 35.6 Å². The van der Waals surface area contributed by atoms with E-state index in [0.29, 0.717) is 20.9 Å². The number of ketones is 3. The van der Waals surface area contributed by atoms with Gasteiger partial charge in [-0.1, -0.05) is 61.8 Å². The number of amides is 15. The summed E-state index contributed by atoms with van der Waals surface area (Å²) in [4.78, 5) is 302. The maximum absolute atomic E-state index is 15.5. The number of carboxylic acid groups (broad SMARTS) is 3. The van der Waals surface area contributed by atoms with E-state index in [1.807, 2.05) is 6.26 Å². The number of nitrogens with zero attached hydrogens (tertiary/aromatic N) is 3. The number of aromatic amines is 1. The van der Waals surface area contributed by atoms with E-state index in [4.69, 9.17) is 28.3 Å². The number of guanidine groups is 1. The molecule has 3 aromatic rings. The van der Waals surface area contributed by atoms with Gasteiger partial charge in [0.05, 0.1) is 47.0 Å². The molecule has 135 heavy (non-hydrogen) atoms. The van der Waals surface area contributed by atoms with Crippen molar-refractivity contribution in [3.05, 3.63) is 35.9 Å². The fourth-order valence-electron chi connectivity index (χ4n) is 15.5. The summed E-state index contributed by atoms with van der Waals surface area (Å²) in [5.74, 6) is -27.6. The summed E-state index contributed by atoms with van der Waals surface area (Å²) in [5, 5.41) is 71.3. The molecule has 5 heterocycles. The molecule has 2 aliphatic heterocycles. The van der Waals surface area contributed by atoms with Crippen molar-refractivity contribution >= 4 is 175 Å². The van der Waals surface area contributed by atoms with Crippen LogP contribution in [-0.4, -0.2) is 268 Å². The quantitative estimate of drug-likeness (QED) is 0.0188. The van der Waals surface area contributed by atoms with Crippen LogP contribution in [0.15, 0.2) is 35.2 Å². The zero-order valence-corrected chi connectivity index (χ0v) is 80.2. The van der Waals surface area contributed by atoms with E-state index in [0.717, 1.165) is 23.6 Å². The van der Waals surface area contributed by atoms with Crippen LogP contribution in [0.5, 0.6) is 0 Å². The Hall–Kier alpha value is -12.1. The number of imidazole rings is 1. The number of carbonyl (C=O) groups excluding carboxylic acids is 18. The Labute approximate surface area is 794 Å². The number of aliphatic carboxylic acids is 3. The van der Waals surface area contributed by atoms with E-state index in [2.05, 4.69) is 73.8 Å². The highest BCUT2D eigenvalue weighted by atomic mass is 32.2. The second-order valence-corrected chi connectivity index (χ2v) is 38.1. The maximum Gasteiger partial charge on any atom is 0.305 e. The van der Waals surface area contributed by atoms with E-state index in [9.17, 15) is 96.8 Å². The van der Waals surface area contributed by atoms with Crippen molar-refractivity contribution in [2.45, 2.75) is 288 Å². The molecule has 0 aliphatic carbocycles. The van der Waals surface area contributed by atoms with Crippen LogP contribution in [0.3, 0.4) is 0 Å². The zero-order chi connectivity index (χ0) is 101. The second kappa shape index (κ2) is 56.3. The number of carboxylic acids is 3. The summed E-state index contributed by atoms with van der Waals surface area (Å²) >= 11 is 3.72. The average molecular weight is 1950 g/mol. The smallest absolute Gasteiger partial charge is 0.305 e. The third-order valence-electron chi connectivity index (χ3n) is 23.2. The van der Waals surface area contributed by atoms with Gasteiger partial charge in [-0.05, 0) is 124 Å². The molecule has 0 saturated carbocycles. The van der Waals surface area contributed by atoms with Gasteiger partial charge < -0.3 is 117 Å². The van der Waals surface area contributed by atoms with Crippen molar-refractivity contribution in [2.24, 2.45) is 64.4 Å². The number of thiophene rings is 1. The van der Waals surface area contributed by atoms with Gasteiger partial charge in [0.1, 0.15) is 54.4 Å². The number of H-pyrrole nitrogens is 1. The maximum atomic E-state index is 15.5. The largest absolute Gasteiger partial charge is 0.481 e. The number of nitrogens with two attached hydrogens (primary N) is 4. The first-order valence-electron chi connectivity index (χ1n) is 45.1. The lowest BCUT2D eigenvalue weighted by atomic mass is 9.86. The number of aryl methyl sites for hydroxylation is 1. The SMILES string of the molecule is CC[C@H](C)[C@@H]1NC(=O)[C@H](CCC(=O)O)NC(=O)[C@@H]2CCCN2C(=O)[C@@H](NC(=O)[C@H](CC(N)=O)NC(=O)[C@H](CCC(=O)O)NC(C)=O)CSc2c3sccc3cn2CCCC[C@@H](C(=O)N[C@@H](Cc2cnc[nH]2)C(=O)C[C@H](C(=O)N[C@@H](CCC(N)=O)C(=O)C[C@@H](CCCNC(=N)N)C(=O)N[C@H](C(=O)C[C@@H](CCSC)C(N)=O)C(C)C)C(C)C)NC(=O)[C@H](CC(=O)O)NC(=O)[C@H](CC(C)C)NC1=O. The van der Waals surface area contributed by atoms with E-state index in [1.54, 1.807) is 77.6 Å². The molecule has 25 N–H and O–H groups in total. The van der Waals surface area contributed by atoms with Gasteiger partial charge in [0.25, 0.3) is 0 Å². The Morgan fingerprint density at radius 2 is 1.27 bits per heavy atom. The lowest BCUT2D eigenvalue weighted by molar-refractivity contribution is -0.142. The molecule has 0 aromatic carbocycles. The third-order valence-corrected chi connectivity index (χ3v) is 26.1. The average Bonchev–Trinajstić information content (AvgIpc) is 1.61. The van der Waals surface area contributed by atoms with Crippen LogP contribution in [0.25, 0.3) is 10.1 Å². The first-order valence-corrected chi connectivity index (χ1v) is 48.3. The van der Waals surface area contributed by atoms with Gasteiger partial charge in [0.2, 0.25) is 88.6 Å². The molecule has 2 aliphatic rings. The predicted octanol–water partition coefficient (Wildman–Crippen LogP) is -0.734. The lowest BCUT2D eigenvalue weighted by Crippen LogP contribution is -2.61. The van der Waals surface area contributed by atoms with E-state index in [-0.39, 0.29) is 108 Å². The fraction of sp³-hybridized carbons (Fsp3) is 0.644. The van der Waals surface area contributed by atoms with Crippen molar-refractivity contribution < 1.29 is 116 Å². The Morgan fingerprint density at radius 3 is 1.87 bits per heavy atom. The summed E-state index contributed by atoms with van der Waals surface area (Å²) in [6.07, 6.45) is -0.932. The number of fused-ring (bicyclic) bond motifs is 4. The summed E-state index contributed by atoms with van der Waals surface area (Å²) in [6.45, 7) is 14.1. The van der Waals surface area contributed by atoms with Crippen LogP contribution in [-0.2, 0) is 114 Å². The summed E-state index contributed by atoms with van der Waals surface area (Å²) in [6, 6.07) is -17.9. The fourth-order valence-corrected chi connectivity index (χ4v) is 18.3. The molecule has 0 unspecified atom stereocenters. The third kappa shape index (κ3) is 37.9. The molecule has 0 spiro atoms. The van der Waals surface area contributed by atoms with E-state index < -0.39 is 308 Å².